The zero-order chi connectivity index (χ0) is 11.5. The number of aromatic hydroxyl groups is 1. The fourth-order valence-corrected chi connectivity index (χ4v) is 2.59. The summed E-state index contributed by atoms with van der Waals surface area (Å²) in [5, 5.41) is 10.0. The smallest absolute Gasteiger partial charge is 0.119 e. The van der Waals surface area contributed by atoms with E-state index in [-0.39, 0.29) is 0 Å². The van der Waals surface area contributed by atoms with Gasteiger partial charge in [-0.15, -0.1) is 0 Å². The summed E-state index contributed by atoms with van der Waals surface area (Å²) >= 11 is 0. The summed E-state index contributed by atoms with van der Waals surface area (Å²) in [6, 6.07) is 4.17. The lowest BCUT2D eigenvalue weighted by Crippen LogP contribution is -2.08. The minimum Gasteiger partial charge on any atom is -0.508 e. The van der Waals surface area contributed by atoms with Crippen molar-refractivity contribution in [2.45, 2.75) is 44.9 Å². The number of rotatable bonds is 3. The number of benzene rings is 1. The normalized spacial score (nSPS) is 16.9. The van der Waals surface area contributed by atoms with E-state index in [0.717, 1.165) is 24.8 Å². The maximum atomic E-state index is 10.0. The Hall–Kier alpha value is -1.02. The molecule has 0 aromatic heterocycles. The second-order valence-electron chi connectivity index (χ2n) is 4.87. The molecule has 1 unspecified atom stereocenters. The van der Waals surface area contributed by atoms with Crippen molar-refractivity contribution in [3.8, 4) is 5.75 Å². The average Bonchev–Trinajstić information content (AvgIpc) is 2.28. The van der Waals surface area contributed by atoms with Gasteiger partial charge in [-0.1, -0.05) is 13.0 Å². The Bertz CT molecular complexity index is 373. The highest BCUT2D eigenvalue weighted by molar-refractivity contribution is 5.44. The van der Waals surface area contributed by atoms with E-state index in [1.807, 2.05) is 6.07 Å². The van der Waals surface area contributed by atoms with Gasteiger partial charge in [0.2, 0.25) is 0 Å². The van der Waals surface area contributed by atoms with Crippen molar-refractivity contribution < 1.29 is 5.11 Å². The van der Waals surface area contributed by atoms with Crippen LogP contribution in [0, 0.1) is 0 Å². The molecule has 0 fully saturated rings. The van der Waals surface area contributed by atoms with Gasteiger partial charge in [0, 0.05) is 0 Å². The van der Waals surface area contributed by atoms with Gasteiger partial charge in [0.15, 0.2) is 0 Å². The Balaban J connectivity index is 2.31. The van der Waals surface area contributed by atoms with Crippen LogP contribution < -0.4 is 5.73 Å². The summed E-state index contributed by atoms with van der Waals surface area (Å²) < 4.78 is 0. The van der Waals surface area contributed by atoms with E-state index >= 15 is 0 Å². The standard InChI is InChI=1S/C14H21NO/c1-10(6-7-15)13-8-11-4-2-3-5-12(11)9-14(13)16/h8-10,16H,2-7,15H2,1H3. The molecule has 0 radical (unpaired) electrons. The molecule has 0 amide bonds. The maximum absolute atomic E-state index is 10.0. The summed E-state index contributed by atoms with van der Waals surface area (Å²) in [5.74, 6) is 0.818. The summed E-state index contributed by atoms with van der Waals surface area (Å²) in [7, 11) is 0. The van der Waals surface area contributed by atoms with Crippen LogP contribution in [0.1, 0.15) is 48.8 Å². The maximum Gasteiger partial charge on any atom is 0.119 e. The quantitative estimate of drug-likeness (QED) is 0.821. The first-order valence-electron chi connectivity index (χ1n) is 6.27. The second kappa shape index (κ2) is 4.88. The van der Waals surface area contributed by atoms with Crippen LogP contribution in [0.25, 0.3) is 0 Å². The molecule has 1 aromatic carbocycles. The van der Waals surface area contributed by atoms with Crippen molar-refractivity contribution in [1.29, 1.82) is 0 Å². The summed E-state index contributed by atoms with van der Waals surface area (Å²) in [6.45, 7) is 2.81. The van der Waals surface area contributed by atoms with Gasteiger partial charge in [-0.25, -0.2) is 0 Å². The Labute approximate surface area is 97.5 Å². The summed E-state index contributed by atoms with van der Waals surface area (Å²) in [5.41, 5.74) is 9.42. The predicted molar refractivity (Wildman–Crippen MR) is 66.8 cm³/mol. The zero-order valence-corrected chi connectivity index (χ0v) is 10.00. The number of nitrogens with two attached hydrogens (primary N) is 1. The molecule has 0 aliphatic heterocycles. The highest BCUT2D eigenvalue weighted by Crippen LogP contribution is 2.33. The second-order valence-corrected chi connectivity index (χ2v) is 4.87. The van der Waals surface area contributed by atoms with Gasteiger partial charge < -0.3 is 10.8 Å². The molecule has 2 heteroatoms. The molecular formula is C14H21NO. The molecule has 0 spiro atoms. The van der Waals surface area contributed by atoms with Crippen LogP contribution in [-0.4, -0.2) is 11.7 Å². The monoisotopic (exact) mass is 219 g/mol. The van der Waals surface area contributed by atoms with E-state index in [0.29, 0.717) is 18.2 Å². The van der Waals surface area contributed by atoms with E-state index < -0.39 is 0 Å². The van der Waals surface area contributed by atoms with Crippen molar-refractivity contribution in [1.82, 2.24) is 0 Å². The number of fused-ring (bicyclic) bond motifs is 1. The van der Waals surface area contributed by atoms with Crippen LogP contribution in [0.2, 0.25) is 0 Å². The largest absolute Gasteiger partial charge is 0.508 e. The molecule has 1 atom stereocenters. The van der Waals surface area contributed by atoms with E-state index in [1.165, 1.54) is 24.0 Å². The van der Waals surface area contributed by atoms with E-state index in [9.17, 15) is 5.11 Å². The third kappa shape index (κ3) is 2.22. The Morgan fingerprint density at radius 3 is 2.50 bits per heavy atom. The molecule has 0 saturated heterocycles. The van der Waals surface area contributed by atoms with Crippen LogP contribution in [0.5, 0.6) is 5.75 Å². The van der Waals surface area contributed by atoms with Gasteiger partial charge in [0.1, 0.15) is 5.75 Å². The summed E-state index contributed by atoms with van der Waals surface area (Å²) in [4.78, 5) is 0. The van der Waals surface area contributed by atoms with E-state index in [1.54, 1.807) is 0 Å². The Morgan fingerprint density at radius 1 is 1.25 bits per heavy atom. The predicted octanol–water partition coefficient (Wildman–Crippen LogP) is 2.72. The van der Waals surface area contributed by atoms with Gasteiger partial charge in [-0.2, -0.15) is 0 Å². The first-order chi connectivity index (χ1) is 7.72. The molecule has 1 aromatic rings. The topological polar surface area (TPSA) is 46.2 Å². The molecule has 2 rings (SSSR count). The molecule has 0 heterocycles. The highest BCUT2D eigenvalue weighted by atomic mass is 16.3. The zero-order valence-electron chi connectivity index (χ0n) is 10.00. The van der Waals surface area contributed by atoms with Crippen LogP contribution in [0.3, 0.4) is 0 Å². The Morgan fingerprint density at radius 2 is 1.88 bits per heavy atom. The third-order valence-corrected chi connectivity index (χ3v) is 3.62. The minimum atomic E-state index is 0.359. The van der Waals surface area contributed by atoms with Crippen LogP contribution in [0.4, 0.5) is 0 Å². The van der Waals surface area contributed by atoms with Crippen LogP contribution in [-0.2, 0) is 12.8 Å². The fraction of sp³-hybridized carbons (Fsp3) is 0.571. The molecule has 2 nitrogen and oxygen atoms in total. The lowest BCUT2D eigenvalue weighted by atomic mass is 9.86. The first-order valence-corrected chi connectivity index (χ1v) is 6.27. The molecule has 1 aliphatic rings. The van der Waals surface area contributed by atoms with E-state index in [4.69, 9.17) is 5.73 Å². The molecule has 88 valence electrons. The van der Waals surface area contributed by atoms with Crippen molar-refractivity contribution in [2.24, 2.45) is 5.73 Å². The Kier molecular flexibility index (Phi) is 3.49. The highest BCUT2D eigenvalue weighted by Gasteiger charge is 2.16. The minimum absolute atomic E-state index is 0.359. The van der Waals surface area contributed by atoms with Crippen LogP contribution in [0.15, 0.2) is 12.1 Å². The molecule has 3 N–H and O–H groups in total. The van der Waals surface area contributed by atoms with E-state index in [2.05, 4.69) is 13.0 Å². The lowest BCUT2D eigenvalue weighted by Gasteiger charge is -2.20. The molecule has 16 heavy (non-hydrogen) atoms. The van der Waals surface area contributed by atoms with Crippen molar-refractivity contribution in [3.63, 3.8) is 0 Å². The van der Waals surface area contributed by atoms with Gasteiger partial charge in [-0.3, -0.25) is 0 Å². The average molecular weight is 219 g/mol. The number of hydrogen-bond acceptors (Lipinski definition) is 2. The number of aryl methyl sites for hydroxylation is 2. The first kappa shape index (κ1) is 11.5. The molecule has 1 aliphatic carbocycles. The van der Waals surface area contributed by atoms with Gasteiger partial charge in [0.05, 0.1) is 0 Å². The number of phenolic OH excluding ortho intramolecular Hbond substituents is 1. The lowest BCUT2D eigenvalue weighted by molar-refractivity contribution is 0.458. The van der Waals surface area contributed by atoms with Gasteiger partial charge in [-0.05, 0) is 67.3 Å². The molecule has 0 bridgehead atoms. The van der Waals surface area contributed by atoms with Crippen LogP contribution >= 0.6 is 0 Å². The van der Waals surface area contributed by atoms with Crippen molar-refractivity contribution in [3.05, 3.63) is 28.8 Å². The SMILES string of the molecule is CC(CCN)c1cc2c(cc1O)CCCC2. The van der Waals surface area contributed by atoms with Crippen molar-refractivity contribution in [2.75, 3.05) is 6.54 Å². The number of hydrogen-bond donors (Lipinski definition) is 2. The number of phenols is 1. The molecular weight excluding hydrogens is 198 g/mol. The van der Waals surface area contributed by atoms with Crippen molar-refractivity contribution >= 4 is 0 Å². The van der Waals surface area contributed by atoms with Gasteiger partial charge in [0.25, 0.3) is 0 Å². The summed E-state index contributed by atoms with van der Waals surface area (Å²) in [6.07, 6.45) is 5.76. The molecule has 0 saturated carbocycles. The third-order valence-electron chi connectivity index (χ3n) is 3.62. The van der Waals surface area contributed by atoms with Gasteiger partial charge >= 0.3 is 0 Å². The fourth-order valence-electron chi connectivity index (χ4n) is 2.59.